The molecule has 3 nitrogen and oxygen atoms in total. The molecule has 0 atom stereocenters. The lowest BCUT2D eigenvalue weighted by Gasteiger charge is -1.96. The van der Waals surface area contributed by atoms with E-state index >= 15 is 0 Å². The number of H-pyrrole nitrogens is 1. The highest BCUT2D eigenvalue weighted by atomic mass is 16.2. The predicted molar refractivity (Wildman–Crippen MR) is 42.5 cm³/mol. The highest BCUT2D eigenvalue weighted by Crippen LogP contribution is 1.93. The summed E-state index contributed by atoms with van der Waals surface area (Å²) in [6.07, 6.45) is 3.04. The molecule has 0 aromatic carbocycles. The molecule has 0 saturated carbocycles. The number of aliphatic hydroxyl groups is 1. The van der Waals surface area contributed by atoms with Crippen molar-refractivity contribution in [3.63, 3.8) is 0 Å². The monoisotopic (exact) mass is 153 g/mol. The van der Waals surface area contributed by atoms with E-state index in [1.165, 1.54) is 6.07 Å². The number of hydrogen-bond donors (Lipinski definition) is 2. The number of aryl methyl sites for hydroxylation is 1. The van der Waals surface area contributed by atoms with E-state index in [0.717, 1.165) is 12.1 Å². The maximum atomic E-state index is 10.8. The van der Waals surface area contributed by atoms with E-state index < -0.39 is 0 Å². The molecule has 0 saturated heterocycles. The van der Waals surface area contributed by atoms with Gasteiger partial charge in [0.25, 0.3) is 0 Å². The molecule has 0 aliphatic carbocycles. The Hall–Kier alpha value is -1.09. The van der Waals surface area contributed by atoms with Gasteiger partial charge in [-0.05, 0) is 12.8 Å². The minimum Gasteiger partial charge on any atom is -0.396 e. The molecule has 0 bridgehead atoms. The second kappa shape index (κ2) is 3.93. The summed E-state index contributed by atoms with van der Waals surface area (Å²) in [7, 11) is 0. The van der Waals surface area contributed by atoms with Gasteiger partial charge in [-0.2, -0.15) is 0 Å². The first-order chi connectivity index (χ1) is 5.33. The van der Waals surface area contributed by atoms with Crippen LogP contribution in [0.2, 0.25) is 0 Å². The molecule has 0 fully saturated rings. The SMILES string of the molecule is O=c1cc[nH]c(CCCO)c1. The molecule has 1 heterocycles. The maximum absolute atomic E-state index is 10.8. The molecule has 11 heavy (non-hydrogen) atoms. The summed E-state index contributed by atoms with van der Waals surface area (Å²) < 4.78 is 0. The standard InChI is InChI=1S/C8H11NO2/c10-5-1-2-7-6-8(11)3-4-9-7/h3-4,6,10H,1-2,5H2,(H,9,11). The van der Waals surface area contributed by atoms with Gasteiger partial charge in [0.15, 0.2) is 5.43 Å². The minimum atomic E-state index is 0.0108. The average molecular weight is 153 g/mol. The number of hydrogen-bond acceptors (Lipinski definition) is 2. The molecule has 0 aliphatic rings. The van der Waals surface area contributed by atoms with Crippen molar-refractivity contribution in [2.45, 2.75) is 12.8 Å². The van der Waals surface area contributed by atoms with Gasteiger partial charge < -0.3 is 10.1 Å². The molecular formula is C8H11NO2. The van der Waals surface area contributed by atoms with E-state index in [1.54, 1.807) is 12.3 Å². The van der Waals surface area contributed by atoms with E-state index in [2.05, 4.69) is 4.98 Å². The topological polar surface area (TPSA) is 53.1 Å². The minimum absolute atomic E-state index is 0.0108. The van der Waals surface area contributed by atoms with E-state index in [1.807, 2.05) is 0 Å². The summed E-state index contributed by atoms with van der Waals surface area (Å²) in [6.45, 7) is 0.164. The van der Waals surface area contributed by atoms with Crippen molar-refractivity contribution in [3.05, 3.63) is 34.2 Å². The van der Waals surface area contributed by atoms with Crippen molar-refractivity contribution in [1.29, 1.82) is 0 Å². The number of aliphatic hydroxyl groups excluding tert-OH is 1. The first-order valence-corrected chi connectivity index (χ1v) is 3.61. The summed E-state index contributed by atoms with van der Waals surface area (Å²) in [5.41, 5.74) is 0.892. The maximum Gasteiger partial charge on any atom is 0.181 e. The Labute approximate surface area is 64.7 Å². The van der Waals surface area contributed by atoms with Crippen LogP contribution in [0, 0.1) is 0 Å². The normalized spacial score (nSPS) is 9.91. The molecule has 1 aromatic heterocycles. The van der Waals surface area contributed by atoms with Crippen LogP contribution >= 0.6 is 0 Å². The largest absolute Gasteiger partial charge is 0.396 e. The number of nitrogens with one attached hydrogen (secondary N) is 1. The fourth-order valence-electron chi connectivity index (χ4n) is 0.906. The van der Waals surface area contributed by atoms with E-state index in [0.29, 0.717) is 6.42 Å². The fraction of sp³-hybridized carbons (Fsp3) is 0.375. The highest BCUT2D eigenvalue weighted by Gasteiger charge is 1.91. The molecule has 1 aromatic rings. The van der Waals surface area contributed by atoms with Gasteiger partial charge >= 0.3 is 0 Å². The van der Waals surface area contributed by atoms with Crippen LogP contribution in [-0.2, 0) is 6.42 Å². The molecule has 60 valence electrons. The fourth-order valence-corrected chi connectivity index (χ4v) is 0.906. The first-order valence-electron chi connectivity index (χ1n) is 3.61. The van der Waals surface area contributed by atoms with Crippen LogP contribution in [0.4, 0.5) is 0 Å². The molecule has 3 heteroatoms. The molecule has 1 rings (SSSR count). The predicted octanol–water partition coefficient (Wildman–Crippen LogP) is 0.300. The summed E-state index contributed by atoms with van der Waals surface area (Å²) in [5.74, 6) is 0. The zero-order valence-corrected chi connectivity index (χ0v) is 6.21. The first kappa shape index (κ1) is 8.01. The lowest BCUT2D eigenvalue weighted by atomic mass is 10.2. The Kier molecular flexibility index (Phi) is 2.86. The molecule has 0 radical (unpaired) electrons. The van der Waals surface area contributed by atoms with Crippen molar-refractivity contribution in [2.75, 3.05) is 6.61 Å². The van der Waals surface area contributed by atoms with Gasteiger partial charge in [-0.3, -0.25) is 4.79 Å². The third kappa shape index (κ3) is 2.55. The number of pyridine rings is 1. The number of aromatic nitrogens is 1. The van der Waals surface area contributed by atoms with Crippen molar-refractivity contribution < 1.29 is 5.11 Å². The van der Waals surface area contributed by atoms with Gasteiger partial charge in [0.2, 0.25) is 0 Å². The highest BCUT2D eigenvalue weighted by molar-refractivity contribution is 5.03. The van der Waals surface area contributed by atoms with Crippen LogP contribution in [0.5, 0.6) is 0 Å². The van der Waals surface area contributed by atoms with E-state index in [4.69, 9.17) is 5.11 Å². The van der Waals surface area contributed by atoms with E-state index in [-0.39, 0.29) is 12.0 Å². The Morgan fingerprint density at radius 1 is 1.55 bits per heavy atom. The van der Waals surface area contributed by atoms with Crippen molar-refractivity contribution >= 4 is 0 Å². The zero-order chi connectivity index (χ0) is 8.10. The summed E-state index contributed by atoms with van der Waals surface area (Å²) in [5, 5.41) is 8.50. The van der Waals surface area contributed by atoms with Crippen molar-refractivity contribution in [1.82, 2.24) is 4.98 Å². The average Bonchev–Trinajstić information content (AvgIpc) is 2.01. The summed E-state index contributed by atoms with van der Waals surface area (Å²) in [4.78, 5) is 13.7. The second-order valence-corrected chi connectivity index (χ2v) is 2.38. The molecule has 0 amide bonds. The summed E-state index contributed by atoms with van der Waals surface area (Å²) in [6, 6.07) is 3.03. The van der Waals surface area contributed by atoms with Crippen LogP contribution in [0.1, 0.15) is 12.1 Å². The van der Waals surface area contributed by atoms with Gasteiger partial charge in [0.1, 0.15) is 0 Å². The van der Waals surface area contributed by atoms with Gasteiger partial charge in [-0.25, -0.2) is 0 Å². The third-order valence-corrected chi connectivity index (χ3v) is 1.44. The quantitative estimate of drug-likeness (QED) is 0.656. The van der Waals surface area contributed by atoms with Crippen molar-refractivity contribution in [3.8, 4) is 0 Å². The second-order valence-electron chi connectivity index (χ2n) is 2.38. The van der Waals surface area contributed by atoms with Crippen LogP contribution in [0.3, 0.4) is 0 Å². The Morgan fingerprint density at radius 3 is 3.00 bits per heavy atom. The van der Waals surface area contributed by atoms with Crippen LogP contribution < -0.4 is 5.43 Å². The molecule has 0 spiro atoms. The Bertz CT molecular complexity index is 267. The van der Waals surface area contributed by atoms with Crippen LogP contribution in [0.15, 0.2) is 23.1 Å². The molecule has 2 N–H and O–H groups in total. The van der Waals surface area contributed by atoms with Gasteiger partial charge in [0.05, 0.1) is 0 Å². The molecular weight excluding hydrogens is 142 g/mol. The zero-order valence-electron chi connectivity index (χ0n) is 6.21. The van der Waals surface area contributed by atoms with Gasteiger partial charge in [-0.15, -0.1) is 0 Å². The Balaban J connectivity index is 2.64. The number of rotatable bonds is 3. The molecule has 0 unspecified atom stereocenters. The lowest BCUT2D eigenvalue weighted by molar-refractivity contribution is 0.288. The Morgan fingerprint density at radius 2 is 2.36 bits per heavy atom. The summed E-state index contributed by atoms with van der Waals surface area (Å²) >= 11 is 0. The van der Waals surface area contributed by atoms with Crippen molar-refractivity contribution in [2.24, 2.45) is 0 Å². The smallest absolute Gasteiger partial charge is 0.181 e. The van der Waals surface area contributed by atoms with Crippen LogP contribution in [-0.4, -0.2) is 16.7 Å². The number of aromatic amines is 1. The molecule has 0 aliphatic heterocycles. The van der Waals surface area contributed by atoms with Crippen LogP contribution in [0.25, 0.3) is 0 Å². The lowest BCUT2D eigenvalue weighted by Crippen LogP contribution is -2.01. The third-order valence-electron chi connectivity index (χ3n) is 1.44. The van der Waals surface area contributed by atoms with Gasteiger partial charge in [0, 0.05) is 30.6 Å². The van der Waals surface area contributed by atoms with E-state index in [9.17, 15) is 4.79 Å². The van der Waals surface area contributed by atoms with Gasteiger partial charge in [-0.1, -0.05) is 0 Å².